The van der Waals surface area contributed by atoms with Crippen LogP contribution in [-0.4, -0.2) is 16.0 Å². The number of ether oxygens (including phenoxy) is 1. The van der Waals surface area contributed by atoms with Crippen LogP contribution in [0.4, 0.5) is 0 Å². The van der Waals surface area contributed by atoms with Crippen LogP contribution in [0.1, 0.15) is 15.9 Å². The van der Waals surface area contributed by atoms with Crippen LogP contribution in [0.25, 0.3) is 6.08 Å². The van der Waals surface area contributed by atoms with Gasteiger partial charge in [-0.05, 0) is 48.0 Å². The van der Waals surface area contributed by atoms with E-state index < -0.39 is 0 Å². The third-order valence-corrected chi connectivity index (χ3v) is 3.52. The highest BCUT2D eigenvalue weighted by Crippen LogP contribution is 2.26. The number of aromatic hydroxyl groups is 2. The summed E-state index contributed by atoms with van der Waals surface area (Å²) in [6.07, 6.45) is 2.99. The van der Waals surface area contributed by atoms with Gasteiger partial charge in [-0.1, -0.05) is 42.5 Å². The third kappa shape index (κ3) is 4.26. The Bertz CT molecular complexity index is 914. The van der Waals surface area contributed by atoms with E-state index in [4.69, 9.17) is 4.74 Å². The lowest BCUT2D eigenvalue weighted by Crippen LogP contribution is -1.95. The number of hydrogen-bond donors (Lipinski definition) is 2. The standard InChI is InChI=1S/C21H16O4/c22-19(11-9-15-10-12-20(23)21(24)13-15)16-5-4-8-18(14-16)25-17-6-2-1-3-7-17/h1-14,23-24H. The molecule has 0 spiro atoms. The van der Waals surface area contributed by atoms with Crippen molar-refractivity contribution in [1.29, 1.82) is 0 Å². The Hall–Kier alpha value is -3.53. The van der Waals surface area contributed by atoms with Crippen LogP contribution in [0.15, 0.2) is 78.9 Å². The Balaban J connectivity index is 1.74. The second-order valence-corrected chi connectivity index (χ2v) is 5.39. The van der Waals surface area contributed by atoms with E-state index in [1.165, 1.54) is 18.2 Å². The summed E-state index contributed by atoms with van der Waals surface area (Å²) < 4.78 is 5.72. The summed E-state index contributed by atoms with van der Waals surface area (Å²) in [5.41, 5.74) is 1.10. The topological polar surface area (TPSA) is 66.8 Å². The quantitative estimate of drug-likeness (QED) is 0.401. The molecule has 0 aliphatic heterocycles. The first-order chi connectivity index (χ1) is 12.1. The lowest BCUT2D eigenvalue weighted by atomic mass is 10.1. The Kier molecular flexibility index (Phi) is 4.81. The molecule has 0 amide bonds. The molecule has 3 rings (SSSR count). The van der Waals surface area contributed by atoms with Gasteiger partial charge in [0.25, 0.3) is 0 Å². The molecule has 25 heavy (non-hydrogen) atoms. The molecule has 0 aliphatic carbocycles. The predicted octanol–water partition coefficient (Wildman–Crippen LogP) is 4.79. The predicted molar refractivity (Wildman–Crippen MR) is 96.1 cm³/mol. The average molecular weight is 332 g/mol. The van der Waals surface area contributed by atoms with Crippen LogP contribution < -0.4 is 4.74 Å². The summed E-state index contributed by atoms with van der Waals surface area (Å²) >= 11 is 0. The SMILES string of the molecule is O=C(C=Cc1ccc(O)c(O)c1)c1cccc(Oc2ccccc2)c1. The van der Waals surface area contributed by atoms with Gasteiger partial charge in [0.1, 0.15) is 11.5 Å². The summed E-state index contributed by atoms with van der Waals surface area (Å²) in [6.45, 7) is 0. The van der Waals surface area contributed by atoms with E-state index in [1.54, 1.807) is 36.4 Å². The number of carbonyl (C=O) groups excluding carboxylic acids is 1. The van der Waals surface area contributed by atoms with Crippen molar-refractivity contribution < 1.29 is 19.7 Å². The highest BCUT2D eigenvalue weighted by Gasteiger charge is 2.05. The summed E-state index contributed by atoms with van der Waals surface area (Å²) in [6, 6.07) is 20.6. The Morgan fingerprint density at radius 3 is 2.32 bits per heavy atom. The molecular weight excluding hydrogens is 316 g/mol. The van der Waals surface area contributed by atoms with E-state index in [-0.39, 0.29) is 17.3 Å². The average Bonchev–Trinajstić information content (AvgIpc) is 2.63. The van der Waals surface area contributed by atoms with Crippen molar-refractivity contribution in [3.63, 3.8) is 0 Å². The van der Waals surface area contributed by atoms with Crippen molar-refractivity contribution in [2.45, 2.75) is 0 Å². The minimum atomic E-state index is -0.229. The normalized spacial score (nSPS) is 10.7. The molecule has 0 saturated heterocycles. The zero-order chi connectivity index (χ0) is 17.6. The fourth-order valence-electron chi connectivity index (χ4n) is 2.25. The zero-order valence-corrected chi connectivity index (χ0v) is 13.3. The van der Waals surface area contributed by atoms with E-state index in [9.17, 15) is 15.0 Å². The van der Waals surface area contributed by atoms with Gasteiger partial charge < -0.3 is 14.9 Å². The number of carbonyl (C=O) groups is 1. The largest absolute Gasteiger partial charge is 0.504 e. The molecule has 0 bridgehead atoms. The molecule has 0 aliphatic rings. The molecule has 0 unspecified atom stereocenters. The van der Waals surface area contributed by atoms with Crippen molar-refractivity contribution in [3.8, 4) is 23.0 Å². The van der Waals surface area contributed by atoms with Crippen molar-refractivity contribution >= 4 is 11.9 Å². The molecule has 124 valence electrons. The number of para-hydroxylation sites is 1. The smallest absolute Gasteiger partial charge is 0.185 e. The zero-order valence-electron chi connectivity index (χ0n) is 13.3. The number of allylic oxidation sites excluding steroid dienone is 1. The maximum absolute atomic E-state index is 12.3. The van der Waals surface area contributed by atoms with Gasteiger partial charge in [-0.2, -0.15) is 0 Å². The van der Waals surface area contributed by atoms with Crippen LogP contribution in [0.2, 0.25) is 0 Å². The van der Waals surface area contributed by atoms with Crippen molar-refractivity contribution in [3.05, 3.63) is 90.0 Å². The molecule has 0 atom stereocenters. The van der Waals surface area contributed by atoms with Crippen LogP contribution in [0.5, 0.6) is 23.0 Å². The number of phenols is 2. The molecule has 0 aromatic heterocycles. The fourth-order valence-corrected chi connectivity index (χ4v) is 2.25. The van der Waals surface area contributed by atoms with Crippen LogP contribution in [-0.2, 0) is 0 Å². The minimum Gasteiger partial charge on any atom is -0.504 e. The van der Waals surface area contributed by atoms with E-state index in [2.05, 4.69) is 0 Å². The first-order valence-electron chi connectivity index (χ1n) is 7.69. The number of ketones is 1. The van der Waals surface area contributed by atoms with Gasteiger partial charge in [0, 0.05) is 5.56 Å². The van der Waals surface area contributed by atoms with E-state index in [0.717, 1.165) is 0 Å². The lowest BCUT2D eigenvalue weighted by Gasteiger charge is -2.06. The van der Waals surface area contributed by atoms with E-state index in [0.29, 0.717) is 22.6 Å². The van der Waals surface area contributed by atoms with Crippen LogP contribution in [0, 0.1) is 0 Å². The molecule has 0 fully saturated rings. The number of benzene rings is 3. The van der Waals surface area contributed by atoms with Gasteiger partial charge in [0.15, 0.2) is 17.3 Å². The van der Waals surface area contributed by atoms with E-state index >= 15 is 0 Å². The van der Waals surface area contributed by atoms with Crippen LogP contribution >= 0.6 is 0 Å². The molecule has 0 heterocycles. The van der Waals surface area contributed by atoms with Gasteiger partial charge >= 0.3 is 0 Å². The second-order valence-electron chi connectivity index (χ2n) is 5.39. The van der Waals surface area contributed by atoms with Crippen LogP contribution in [0.3, 0.4) is 0 Å². The summed E-state index contributed by atoms with van der Waals surface area (Å²) in [7, 11) is 0. The monoisotopic (exact) mass is 332 g/mol. The maximum atomic E-state index is 12.3. The number of phenolic OH excluding ortho intramolecular Hbond substituents is 2. The Morgan fingerprint density at radius 2 is 1.56 bits per heavy atom. The molecule has 2 N–H and O–H groups in total. The molecular formula is C21H16O4. The number of hydrogen-bond acceptors (Lipinski definition) is 4. The fraction of sp³-hybridized carbons (Fsp3) is 0. The summed E-state index contributed by atoms with van der Waals surface area (Å²) in [5, 5.41) is 18.8. The number of rotatable bonds is 5. The van der Waals surface area contributed by atoms with Gasteiger partial charge in [-0.3, -0.25) is 4.79 Å². The highest BCUT2D eigenvalue weighted by atomic mass is 16.5. The first-order valence-corrected chi connectivity index (χ1v) is 7.69. The molecule has 0 radical (unpaired) electrons. The molecule has 3 aromatic rings. The Labute approximate surface area is 145 Å². The molecule has 0 saturated carbocycles. The van der Waals surface area contributed by atoms with Gasteiger partial charge in [0.2, 0.25) is 0 Å². The first kappa shape index (κ1) is 16.3. The Morgan fingerprint density at radius 1 is 0.800 bits per heavy atom. The van der Waals surface area contributed by atoms with Gasteiger partial charge in [-0.15, -0.1) is 0 Å². The van der Waals surface area contributed by atoms with Crippen molar-refractivity contribution in [1.82, 2.24) is 0 Å². The minimum absolute atomic E-state index is 0.189. The molecule has 4 heteroatoms. The molecule has 3 aromatic carbocycles. The van der Waals surface area contributed by atoms with E-state index in [1.807, 2.05) is 30.3 Å². The van der Waals surface area contributed by atoms with Gasteiger partial charge in [0.05, 0.1) is 0 Å². The second kappa shape index (κ2) is 7.36. The maximum Gasteiger partial charge on any atom is 0.185 e. The van der Waals surface area contributed by atoms with Crippen molar-refractivity contribution in [2.75, 3.05) is 0 Å². The van der Waals surface area contributed by atoms with Gasteiger partial charge in [-0.25, -0.2) is 0 Å². The van der Waals surface area contributed by atoms with Crippen molar-refractivity contribution in [2.24, 2.45) is 0 Å². The molecule has 4 nitrogen and oxygen atoms in total. The summed E-state index contributed by atoms with van der Waals surface area (Å²) in [4.78, 5) is 12.3. The highest BCUT2D eigenvalue weighted by molar-refractivity contribution is 6.07. The third-order valence-electron chi connectivity index (χ3n) is 3.52. The summed E-state index contributed by atoms with van der Waals surface area (Å²) in [5.74, 6) is 0.656. The lowest BCUT2D eigenvalue weighted by molar-refractivity contribution is 0.104.